The minimum Gasteiger partial charge on any atom is -0.348 e. The van der Waals surface area contributed by atoms with Crippen LogP contribution in [0.4, 0.5) is 0 Å². The van der Waals surface area contributed by atoms with E-state index in [1.807, 2.05) is 38.1 Å². The number of benzene rings is 1. The van der Waals surface area contributed by atoms with Gasteiger partial charge in [0.05, 0.1) is 16.8 Å². The summed E-state index contributed by atoms with van der Waals surface area (Å²) in [5.74, 6) is 0.0840. The van der Waals surface area contributed by atoms with E-state index in [-0.39, 0.29) is 23.8 Å². The Bertz CT molecular complexity index is 692. The minimum absolute atomic E-state index is 0.0823. The third kappa shape index (κ3) is 3.37. The Morgan fingerprint density at radius 2 is 2.17 bits per heavy atom. The number of nitrogens with one attached hydrogen (secondary N) is 1. The fourth-order valence-corrected chi connectivity index (χ4v) is 3.94. The molecule has 1 atom stereocenters. The molecule has 6 heteroatoms. The van der Waals surface area contributed by atoms with Crippen molar-refractivity contribution in [2.75, 3.05) is 6.54 Å². The summed E-state index contributed by atoms with van der Waals surface area (Å²) in [4.78, 5) is 30.8. The third-order valence-electron chi connectivity index (χ3n) is 4.10. The molecule has 122 valence electrons. The molecule has 0 radical (unpaired) electrons. The highest BCUT2D eigenvalue weighted by Crippen LogP contribution is 2.22. The van der Waals surface area contributed by atoms with Crippen molar-refractivity contribution in [3.05, 3.63) is 29.3 Å². The van der Waals surface area contributed by atoms with Gasteiger partial charge in [-0.3, -0.25) is 9.59 Å². The first-order valence-electron chi connectivity index (χ1n) is 7.98. The van der Waals surface area contributed by atoms with E-state index in [0.29, 0.717) is 19.5 Å². The average Bonchev–Trinajstić information content (AvgIpc) is 3.11. The van der Waals surface area contributed by atoms with Crippen molar-refractivity contribution in [2.24, 2.45) is 5.92 Å². The van der Waals surface area contributed by atoms with Crippen molar-refractivity contribution in [2.45, 2.75) is 39.3 Å². The van der Waals surface area contributed by atoms with E-state index in [2.05, 4.69) is 10.3 Å². The zero-order valence-corrected chi connectivity index (χ0v) is 14.2. The number of carbonyl (C=O) groups excluding carboxylic acids is 2. The minimum atomic E-state index is -0.389. The van der Waals surface area contributed by atoms with Gasteiger partial charge in [0.1, 0.15) is 11.0 Å². The summed E-state index contributed by atoms with van der Waals surface area (Å²) >= 11 is 1.59. The van der Waals surface area contributed by atoms with Gasteiger partial charge in [-0.05, 0) is 24.5 Å². The van der Waals surface area contributed by atoms with Crippen molar-refractivity contribution < 1.29 is 9.59 Å². The van der Waals surface area contributed by atoms with Crippen LogP contribution in [0.3, 0.4) is 0 Å². The van der Waals surface area contributed by atoms with Crippen LogP contribution in [0.1, 0.15) is 31.7 Å². The largest absolute Gasteiger partial charge is 0.348 e. The van der Waals surface area contributed by atoms with Gasteiger partial charge in [0.2, 0.25) is 11.8 Å². The SMILES string of the molecule is CC(C)C(C(=O)NCc1nc2ccccc2s1)N1CCCC1=O. The summed E-state index contributed by atoms with van der Waals surface area (Å²) in [5.41, 5.74) is 0.955. The normalized spacial score (nSPS) is 16.3. The molecule has 1 unspecified atom stereocenters. The van der Waals surface area contributed by atoms with E-state index >= 15 is 0 Å². The van der Waals surface area contributed by atoms with Crippen LogP contribution < -0.4 is 5.32 Å². The predicted molar refractivity (Wildman–Crippen MR) is 91.0 cm³/mol. The number of hydrogen-bond acceptors (Lipinski definition) is 4. The van der Waals surface area contributed by atoms with Gasteiger partial charge in [-0.25, -0.2) is 4.98 Å². The summed E-state index contributed by atoms with van der Waals surface area (Å²) in [5, 5.41) is 3.84. The first-order chi connectivity index (χ1) is 11.1. The Kier molecular flexibility index (Phi) is 4.61. The molecule has 2 heterocycles. The highest BCUT2D eigenvalue weighted by atomic mass is 32.1. The average molecular weight is 331 g/mol. The number of hydrogen-bond donors (Lipinski definition) is 1. The van der Waals surface area contributed by atoms with E-state index in [9.17, 15) is 9.59 Å². The maximum absolute atomic E-state index is 12.6. The van der Waals surface area contributed by atoms with E-state index < -0.39 is 0 Å². The number of thiazole rings is 1. The van der Waals surface area contributed by atoms with Crippen molar-refractivity contribution in [1.29, 1.82) is 0 Å². The third-order valence-corrected chi connectivity index (χ3v) is 5.13. The fraction of sp³-hybridized carbons (Fsp3) is 0.471. The monoisotopic (exact) mass is 331 g/mol. The van der Waals surface area contributed by atoms with Gasteiger partial charge in [0.15, 0.2) is 0 Å². The van der Waals surface area contributed by atoms with E-state index in [1.54, 1.807) is 16.2 Å². The lowest BCUT2D eigenvalue weighted by Gasteiger charge is -2.29. The second kappa shape index (κ2) is 6.66. The van der Waals surface area contributed by atoms with Crippen LogP contribution in [0, 0.1) is 5.92 Å². The number of rotatable bonds is 5. The zero-order chi connectivity index (χ0) is 16.4. The van der Waals surface area contributed by atoms with Crippen LogP contribution in [-0.2, 0) is 16.1 Å². The summed E-state index contributed by atoms with van der Waals surface area (Å²) in [6.45, 7) is 5.04. The maximum atomic E-state index is 12.6. The maximum Gasteiger partial charge on any atom is 0.243 e. The Morgan fingerprint density at radius 3 is 2.83 bits per heavy atom. The lowest BCUT2D eigenvalue weighted by atomic mass is 10.0. The van der Waals surface area contributed by atoms with Crippen molar-refractivity contribution in [1.82, 2.24) is 15.2 Å². The molecule has 1 N–H and O–H groups in total. The predicted octanol–water partition coefficient (Wildman–Crippen LogP) is 2.56. The van der Waals surface area contributed by atoms with Gasteiger partial charge in [-0.15, -0.1) is 11.3 Å². The van der Waals surface area contributed by atoms with Gasteiger partial charge < -0.3 is 10.2 Å². The topological polar surface area (TPSA) is 62.3 Å². The van der Waals surface area contributed by atoms with E-state index in [1.165, 1.54) is 0 Å². The molecule has 1 aliphatic rings. The summed E-state index contributed by atoms with van der Waals surface area (Å²) in [7, 11) is 0. The fourth-order valence-electron chi connectivity index (χ4n) is 3.03. The van der Waals surface area contributed by atoms with Crippen LogP contribution in [0.5, 0.6) is 0 Å². The Balaban J connectivity index is 1.68. The molecule has 0 spiro atoms. The zero-order valence-electron chi connectivity index (χ0n) is 13.4. The number of fused-ring (bicyclic) bond motifs is 1. The van der Waals surface area contributed by atoms with E-state index in [4.69, 9.17) is 0 Å². The molecule has 1 aliphatic heterocycles. The molecule has 2 amide bonds. The van der Waals surface area contributed by atoms with Crippen LogP contribution >= 0.6 is 11.3 Å². The quantitative estimate of drug-likeness (QED) is 0.916. The molecule has 1 aromatic heterocycles. The second-order valence-electron chi connectivity index (χ2n) is 6.17. The molecule has 0 bridgehead atoms. The Labute approximate surface area is 139 Å². The van der Waals surface area contributed by atoms with Crippen LogP contribution in [0.15, 0.2) is 24.3 Å². The lowest BCUT2D eigenvalue weighted by molar-refractivity contribution is -0.139. The van der Waals surface area contributed by atoms with Crippen molar-refractivity contribution >= 4 is 33.4 Å². The number of aromatic nitrogens is 1. The van der Waals surface area contributed by atoms with E-state index in [0.717, 1.165) is 21.6 Å². The standard InChI is InChI=1S/C17H21N3O2S/c1-11(2)16(20-9-5-8-15(20)21)17(22)18-10-14-19-12-6-3-4-7-13(12)23-14/h3-4,6-7,11,16H,5,8-10H2,1-2H3,(H,18,22). The molecule has 1 aromatic carbocycles. The van der Waals surface area contributed by atoms with Crippen LogP contribution in [0.2, 0.25) is 0 Å². The number of nitrogens with zero attached hydrogens (tertiary/aromatic N) is 2. The van der Waals surface area contributed by atoms with Crippen LogP contribution in [0.25, 0.3) is 10.2 Å². The molecule has 0 aliphatic carbocycles. The van der Waals surface area contributed by atoms with Crippen LogP contribution in [-0.4, -0.2) is 34.3 Å². The smallest absolute Gasteiger partial charge is 0.243 e. The van der Waals surface area contributed by atoms with Crippen molar-refractivity contribution in [3.63, 3.8) is 0 Å². The lowest BCUT2D eigenvalue weighted by Crippen LogP contribution is -2.50. The first-order valence-corrected chi connectivity index (χ1v) is 8.79. The number of para-hydroxylation sites is 1. The van der Waals surface area contributed by atoms with Gasteiger partial charge in [-0.1, -0.05) is 26.0 Å². The second-order valence-corrected chi connectivity index (χ2v) is 7.29. The number of likely N-dealkylation sites (tertiary alicyclic amines) is 1. The molecule has 3 rings (SSSR count). The van der Waals surface area contributed by atoms with Gasteiger partial charge >= 0.3 is 0 Å². The molecule has 1 fully saturated rings. The number of amides is 2. The summed E-state index contributed by atoms with van der Waals surface area (Å²) < 4.78 is 1.12. The van der Waals surface area contributed by atoms with Gasteiger partial charge in [0.25, 0.3) is 0 Å². The molecule has 23 heavy (non-hydrogen) atoms. The molecular formula is C17H21N3O2S. The summed E-state index contributed by atoms with van der Waals surface area (Å²) in [6.07, 6.45) is 1.39. The highest BCUT2D eigenvalue weighted by Gasteiger charge is 2.34. The van der Waals surface area contributed by atoms with Crippen molar-refractivity contribution in [3.8, 4) is 0 Å². The van der Waals surface area contributed by atoms with Gasteiger partial charge in [-0.2, -0.15) is 0 Å². The first kappa shape index (κ1) is 15.9. The van der Waals surface area contributed by atoms with Gasteiger partial charge in [0, 0.05) is 13.0 Å². The molecule has 5 nitrogen and oxygen atoms in total. The Hall–Kier alpha value is -1.95. The Morgan fingerprint density at radius 1 is 1.39 bits per heavy atom. The molecule has 0 saturated carbocycles. The summed E-state index contributed by atoms with van der Waals surface area (Å²) in [6, 6.07) is 7.55. The molecule has 2 aromatic rings. The highest BCUT2D eigenvalue weighted by molar-refractivity contribution is 7.18. The molecular weight excluding hydrogens is 310 g/mol. The molecule has 1 saturated heterocycles. The number of carbonyl (C=O) groups is 2.